The number of benzene rings is 1. The van der Waals surface area contributed by atoms with Crippen molar-refractivity contribution in [2.75, 3.05) is 26.2 Å². The number of halogens is 3. The van der Waals surface area contributed by atoms with E-state index in [-0.39, 0.29) is 12.3 Å². The first-order valence-electron chi connectivity index (χ1n) is 6.61. The molecule has 1 fully saturated rings. The summed E-state index contributed by atoms with van der Waals surface area (Å²) in [5.74, 6) is -0.0612. The number of hydrogen-bond donors (Lipinski definition) is 1. The zero-order chi connectivity index (χ0) is 14.6. The van der Waals surface area contributed by atoms with E-state index < -0.39 is 12.6 Å². The van der Waals surface area contributed by atoms with Gasteiger partial charge in [0, 0.05) is 38.2 Å². The number of nitrogens with zero attached hydrogens (tertiary/aromatic N) is 1. The van der Waals surface area contributed by atoms with Crippen LogP contribution in [0.1, 0.15) is 22.3 Å². The van der Waals surface area contributed by atoms with E-state index in [0.717, 1.165) is 13.1 Å². The van der Waals surface area contributed by atoms with Crippen LogP contribution >= 0.6 is 0 Å². The molecule has 110 valence electrons. The van der Waals surface area contributed by atoms with Gasteiger partial charge in [-0.15, -0.1) is 0 Å². The van der Waals surface area contributed by atoms with E-state index in [1.807, 2.05) is 0 Å². The number of carbonyl (C=O) groups is 1. The number of nitrogens with one attached hydrogen (secondary N) is 1. The smallest absolute Gasteiger partial charge is 0.336 e. The van der Waals surface area contributed by atoms with Gasteiger partial charge in [-0.1, -0.05) is 12.1 Å². The molecule has 0 aromatic heterocycles. The number of amides is 1. The van der Waals surface area contributed by atoms with Crippen LogP contribution in [0.2, 0.25) is 0 Å². The Balaban J connectivity index is 1.95. The molecule has 0 aliphatic carbocycles. The Hall–Kier alpha value is -1.56. The molecular weight excluding hydrogens is 269 g/mol. The topological polar surface area (TPSA) is 32.3 Å². The summed E-state index contributed by atoms with van der Waals surface area (Å²) in [6, 6.07) is 6.41. The molecule has 0 bridgehead atoms. The number of rotatable bonds is 3. The summed E-state index contributed by atoms with van der Waals surface area (Å²) in [5, 5.41) is 3.16. The van der Waals surface area contributed by atoms with Crippen molar-refractivity contribution >= 4 is 5.91 Å². The number of hydrogen-bond acceptors (Lipinski definition) is 2. The Morgan fingerprint density at radius 1 is 1.15 bits per heavy atom. The maximum absolute atomic E-state index is 12.1. The van der Waals surface area contributed by atoms with Crippen molar-refractivity contribution in [2.24, 2.45) is 0 Å². The lowest BCUT2D eigenvalue weighted by Crippen LogP contribution is -2.46. The second kappa shape index (κ2) is 6.26. The van der Waals surface area contributed by atoms with Crippen molar-refractivity contribution in [2.45, 2.75) is 19.0 Å². The van der Waals surface area contributed by atoms with Crippen molar-refractivity contribution in [1.29, 1.82) is 0 Å². The van der Waals surface area contributed by atoms with Gasteiger partial charge < -0.3 is 10.2 Å². The molecule has 1 N–H and O–H groups in total. The molecule has 1 aliphatic rings. The van der Waals surface area contributed by atoms with Crippen LogP contribution in [0, 0.1) is 0 Å². The molecule has 1 heterocycles. The lowest BCUT2D eigenvalue weighted by Gasteiger charge is -2.27. The van der Waals surface area contributed by atoms with Crippen LogP contribution < -0.4 is 5.32 Å². The Kier molecular flexibility index (Phi) is 4.65. The molecule has 1 aromatic carbocycles. The first-order chi connectivity index (χ1) is 9.46. The minimum atomic E-state index is -4.14. The van der Waals surface area contributed by atoms with E-state index in [1.165, 1.54) is 0 Å². The highest BCUT2D eigenvalue weighted by atomic mass is 19.4. The molecule has 1 saturated heterocycles. The predicted molar refractivity (Wildman–Crippen MR) is 69.6 cm³/mol. The number of carbonyl (C=O) groups excluding carboxylic acids is 1. The molecule has 0 saturated carbocycles. The summed E-state index contributed by atoms with van der Waals surface area (Å²) < 4.78 is 36.4. The average molecular weight is 286 g/mol. The summed E-state index contributed by atoms with van der Waals surface area (Å²) in [7, 11) is 0. The van der Waals surface area contributed by atoms with E-state index in [1.54, 1.807) is 29.2 Å². The van der Waals surface area contributed by atoms with Gasteiger partial charge in [-0.05, 0) is 24.1 Å². The van der Waals surface area contributed by atoms with Crippen LogP contribution in [0.3, 0.4) is 0 Å². The van der Waals surface area contributed by atoms with Gasteiger partial charge in [0.1, 0.15) is 0 Å². The van der Waals surface area contributed by atoms with E-state index in [0.29, 0.717) is 24.2 Å². The Bertz CT molecular complexity index is 450. The van der Waals surface area contributed by atoms with Crippen LogP contribution in [0.15, 0.2) is 24.3 Å². The van der Waals surface area contributed by atoms with E-state index in [9.17, 15) is 18.0 Å². The maximum atomic E-state index is 12.1. The molecule has 1 aromatic rings. The van der Waals surface area contributed by atoms with Crippen LogP contribution in [0.4, 0.5) is 13.2 Å². The van der Waals surface area contributed by atoms with Gasteiger partial charge in [0.25, 0.3) is 5.91 Å². The van der Waals surface area contributed by atoms with Gasteiger partial charge in [0.2, 0.25) is 0 Å². The van der Waals surface area contributed by atoms with Gasteiger partial charge in [-0.2, -0.15) is 13.2 Å². The van der Waals surface area contributed by atoms with Crippen LogP contribution in [0.25, 0.3) is 0 Å². The van der Waals surface area contributed by atoms with Gasteiger partial charge in [-0.25, -0.2) is 0 Å². The molecule has 20 heavy (non-hydrogen) atoms. The van der Waals surface area contributed by atoms with Crippen LogP contribution in [0.5, 0.6) is 0 Å². The molecule has 2 rings (SSSR count). The quantitative estimate of drug-likeness (QED) is 0.924. The summed E-state index contributed by atoms with van der Waals surface area (Å²) >= 11 is 0. The summed E-state index contributed by atoms with van der Waals surface area (Å²) in [4.78, 5) is 13.9. The molecule has 3 nitrogen and oxygen atoms in total. The van der Waals surface area contributed by atoms with E-state index in [4.69, 9.17) is 0 Å². The summed E-state index contributed by atoms with van der Waals surface area (Å²) in [6.45, 7) is 2.87. The third-order valence-corrected chi connectivity index (χ3v) is 3.30. The van der Waals surface area contributed by atoms with E-state index >= 15 is 0 Å². The molecule has 0 spiro atoms. The highest BCUT2D eigenvalue weighted by Gasteiger charge is 2.26. The first kappa shape index (κ1) is 14.8. The minimum Gasteiger partial charge on any atom is -0.336 e. The first-order valence-corrected chi connectivity index (χ1v) is 6.61. The van der Waals surface area contributed by atoms with Crippen LogP contribution in [-0.2, 0) is 6.42 Å². The van der Waals surface area contributed by atoms with Crippen molar-refractivity contribution in [3.63, 3.8) is 0 Å². The molecule has 0 unspecified atom stereocenters. The lowest BCUT2D eigenvalue weighted by molar-refractivity contribution is -0.134. The Morgan fingerprint density at radius 2 is 1.75 bits per heavy atom. The summed E-state index contributed by atoms with van der Waals surface area (Å²) in [6.07, 6.45) is -5.03. The molecular formula is C14H17F3N2O. The average Bonchev–Trinajstić information content (AvgIpc) is 2.45. The minimum absolute atomic E-state index is 0.0500. The second-order valence-electron chi connectivity index (χ2n) is 4.85. The number of aryl methyl sites for hydroxylation is 1. The fraction of sp³-hybridized carbons (Fsp3) is 0.500. The van der Waals surface area contributed by atoms with Gasteiger partial charge in [0.15, 0.2) is 0 Å². The highest BCUT2D eigenvalue weighted by molar-refractivity contribution is 5.94. The third-order valence-electron chi connectivity index (χ3n) is 3.30. The molecule has 0 radical (unpaired) electrons. The number of piperazine rings is 1. The summed E-state index contributed by atoms with van der Waals surface area (Å²) in [5.41, 5.74) is 1.13. The second-order valence-corrected chi connectivity index (χ2v) is 4.85. The van der Waals surface area contributed by atoms with Crippen molar-refractivity contribution in [1.82, 2.24) is 10.2 Å². The Morgan fingerprint density at radius 3 is 2.30 bits per heavy atom. The van der Waals surface area contributed by atoms with E-state index in [2.05, 4.69) is 5.32 Å². The molecule has 0 atom stereocenters. The SMILES string of the molecule is O=C(c1ccc(CCC(F)(F)F)cc1)N1CCNCC1. The lowest BCUT2D eigenvalue weighted by atomic mass is 10.1. The molecule has 6 heteroatoms. The van der Waals surface area contributed by atoms with Gasteiger partial charge in [0.05, 0.1) is 0 Å². The standard InChI is InChI=1S/C14H17F3N2O/c15-14(16,17)6-5-11-1-3-12(4-2-11)13(20)19-9-7-18-8-10-19/h1-4,18H,5-10H2. The Labute approximate surface area is 115 Å². The fourth-order valence-corrected chi connectivity index (χ4v) is 2.15. The van der Waals surface area contributed by atoms with Gasteiger partial charge >= 0.3 is 6.18 Å². The van der Waals surface area contributed by atoms with Gasteiger partial charge in [-0.3, -0.25) is 4.79 Å². The predicted octanol–water partition coefficient (Wildman–Crippen LogP) is 2.23. The molecule has 1 aliphatic heterocycles. The fourth-order valence-electron chi connectivity index (χ4n) is 2.15. The van der Waals surface area contributed by atoms with Crippen molar-refractivity contribution in [3.8, 4) is 0 Å². The molecule has 1 amide bonds. The zero-order valence-corrected chi connectivity index (χ0v) is 11.0. The number of alkyl halides is 3. The highest BCUT2D eigenvalue weighted by Crippen LogP contribution is 2.22. The zero-order valence-electron chi connectivity index (χ0n) is 11.0. The largest absolute Gasteiger partial charge is 0.389 e. The normalized spacial score (nSPS) is 16.2. The van der Waals surface area contributed by atoms with Crippen molar-refractivity contribution < 1.29 is 18.0 Å². The third kappa shape index (κ3) is 4.23. The monoisotopic (exact) mass is 286 g/mol. The van der Waals surface area contributed by atoms with Crippen molar-refractivity contribution in [3.05, 3.63) is 35.4 Å². The van der Waals surface area contributed by atoms with Crippen LogP contribution in [-0.4, -0.2) is 43.2 Å². The maximum Gasteiger partial charge on any atom is 0.389 e.